The molecule has 2 aliphatic rings. The van der Waals surface area contributed by atoms with E-state index in [2.05, 4.69) is 5.32 Å². The van der Waals surface area contributed by atoms with Crippen molar-refractivity contribution in [3.05, 3.63) is 94.1 Å². The van der Waals surface area contributed by atoms with Crippen LogP contribution in [-0.2, 0) is 16.1 Å². The molecule has 2 aliphatic heterocycles. The topological polar surface area (TPSA) is 67.9 Å². The first-order valence-corrected chi connectivity index (χ1v) is 10.5. The van der Waals surface area contributed by atoms with Crippen molar-refractivity contribution in [3.63, 3.8) is 0 Å². The molecule has 0 saturated carbocycles. The number of rotatable bonds is 5. The van der Waals surface area contributed by atoms with Crippen LogP contribution >= 0.6 is 11.6 Å². The molecule has 0 aliphatic carbocycles. The Morgan fingerprint density at radius 3 is 2.50 bits per heavy atom. The van der Waals surface area contributed by atoms with E-state index in [1.54, 1.807) is 18.2 Å². The Hall–Kier alpha value is -3.77. The Bertz CT molecular complexity index is 1270. The highest BCUT2D eigenvalue weighted by Crippen LogP contribution is 2.35. The van der Waals surface area contributed by atoms with Gasteiger partial charge in [-0.25, -0.2) is 0 Å². The third-order valence-corrected chi connectivity index (χ3v) is 5.86. The van der Waals surface area contributed by atoms with Crippen molar-refractivity contribution >= 4 is 34.7 Å². The number of hydrogen-bond acceptors (Lipinski definition) is 5. The molecule has 7 heteroatoms. The monoisotopic (exact) mass is 446 g/mol. The van der Waals surface area contributed by atoms with E-state index in [4.69, 9.17) is 21.1 Å². The van der Waals surface area contributed by atoms with E-state index in [1.165, 1.54) is 4.90 Å². The summed E-state index contributed by atoms with van der Waals surface area (Å²) < 4.78 is 10.8. The fourth-order valence-electron chi connectivity index (χ4n) is 3.75. The number of nitrogens with zero attached hydrogens (tertiary/aromatic N) is 1. The average Bonchev–Trinajstić information content (AvgIpc) is 3.35. The number of carbonyl (C=O) groups is 2. The van der Waals surface area contributed by atoms with Crippen molar-refractivity contribution in [2.45, 2.75) is 13.5 Å². The van der Waals surface area contributed by atoms with Gasteiger partial charge in [-0.1, -0.05) is 54.1 Å². The maximum absolute atomic E-state index is 13.4. The van der Waals surface area contributed by atoms with Gasteiger partial charge in [0.05, 0.1) is 12.1 Å². The summed E-state index contributed by atoms with van der Waals surface area (Å²) in [6.45, 7) is 2.18. The summed E-state index contributed by atoms with van der Waals surface area (Å²) in [5, 5.41) is 3.71. The van der Waals surface area contributed by atoms with Gasteiger partial charge in [-0.2, -0.15) is 0 Å². The predicted octanol–water partition coefficient (Wildman–Crippen LogP) is 4.77. The van der Waals surface area contributed by atoms with E-state index >= 15 is 0 Å². The molecule has 0 radical (unpaired) electrons. The highest BCUT2D eigenvalue weighted by atomic mass is 35.5. The summed E-state index contributed by atoms with van der Waals surface area (Å²) in [6, 6.07) is 20.0. The maximum Gasteiger partial charge on any atom is 0.278 e. The molecule has 2 amide bonds. The number of imide groups is 1. The molecule has 0 aromatic heterocycles. The van der Waals surface area contributed by atoms with Crippen molar-refractivity contribution in [1.29, 1.82) is 0 Å². The summed E-state index contributed by atoms with van der Waals surface area (Å²) in [5.41, 5.74) is 3.54. The highest BCUT2D eigenvalue weighted by Gasteiger charge is 2.39. The van der Waals surface area contributed by atoms with E-state index in [0.29, 0.717) is 33.3 Å². The second-order valence-electron chi connectivity index (χ2n) is 7.59. The van der Waals surface area contributed by atoms with Gasteiger partial charge in [0.15, 0.2) is 11.5 Å². The van der Waals surface area contributed by atoms with Gasteiger partial charge >= 0.3 is 0 Å². The lowest BCUT2D eigenvalue weighted by molar-refractivity contribution is -0.137. The smallest absolute Gasteiger partial charge is 0.278 e. The number of nitrogens with one attached hydrogen (secondary N) is 1. The molecule has 160 valence electrons. The Morgan fingerprint density at radius 1 is 0.938 bits per heavy atom. The Balaban J connectivity index is 1.50. The number of anilines is 1. The lowest BCUT2D eigenvalue weighted by Gasteiger charge is -2.16. The van der Waals surface area contributed by atoms with Gasteiger partial charge in [0.2, 0.25) is 6.79 Å². The fourth-order valence-corrected chi connectivity index (χ4v) is 3.93. The summed E-state index contributed by atoms with van der Waals surface area (Å²) >= 11 is 6.26. The molecular weight excluding hydrogens is 428 g/mol. The van der Waals surface area contributed by atoms with E-state index in [0.717, 1.165) is 11.1 Å². The molecule has 0 unspecified atom stereocenters. The molecule has 3 aromatic carbocycles. The second kappa shape index (κ2) is 8.05. The Kier molecular flexibility index (Phi) is 5.07. The van der Waals surface area contributed by atoms with Gasteiger partial charge in [0.1, 0.15) is 5.70 Å². The van der Waals surface area contributed by atoms with Crippen LogP contribution in [0.4, 0.5) is 5.69 Å². The Morgan fingerprint density at radius 2 is 1.72 bits per heavy atom. The molecule has 5 rings (SSSR count). The number of carbonyl (C=O) groups excluding carboxylic acids is 2. The largest absolute Gasteiger partial charge is 0.454 e. The first-order valence-electron chi connectivity index (χ1n) is 10.1. The van der Waals surface area contributed by atoms with Gasteiger partial charge < -0.3 is 14.8 Å². The molecule has 2 heterocycles. The number of fused-ring (bicyclic) bond motifs is 1. The van der Waals surface area contributed by atoms with Crippen molar-refractivity contribution < 1.29 is 19.1 Å². The molecule has 6 nitrogen and oxygen atoms in total. The zero-order chi connectivity index (χ0) is 22.2. The van der Waals surface area contributed by atoms with Crippen LogP contribution < -0.4 is 14.8 Å². The predicted molar refractivity (Wildman–Crippen MR) is 121 cm³/mol. The number of aryl methyl sites for hydroxylation is 1. The Labute approximate surface area is 190 Å². The summed E-state index contributed by atoms with van der Waals surface area (Å²) in [6.07, 6.45) is 0. The lowest BCUT2D eigenvalue weighted by atomic mass is 10.0. The van der Waals surface area contributed by atoms with Crippen LogP contribution in [0.2, 0.25) is 5.02 Å². The zero-order valence-corrected chi connectivity index (χ0v) is 18.0. The van der Waals surface area contributed by atoms with Gasteiger partial charge in [0.25, 0.3) is 11.8 Å². The van der Waals surface area contributed by atoms with Crippen molar-refractivity contribution in [1.82, 2.24) is 4.90 Å². The molecular formula is C25H19ClN2O4. The normalized spacial score (nSPS) is 15.0. The molecule has 0 bridgehead atoms. The SMILES string of the molecule is Cc1ccc(NC2=C(c3ccccc3)C(=O)N(Cc3ccc4c(c3)OCO4)C2=O)cc1Cl. The van der Waals surface area contributed by atoms with Crippen LogP contribution in [0.15, 0.2) is 72.4 Å². The van der Waals surface area contributed by atoms with E-state index in [-0.39, 0.29) is 24.9 Å². The van der Waals surface area contributed by atoms with Gasteiger partial charge in [-0.15, -0.1) is 0 Å². The van der Waals surface area contributed by atoms with Crippen molar-refractivity contribution in [3.8, 4) is 11.5 Å². The van der Waals surface area contributed by atoms with Gasteiger partial charge in [0, 0.05) is 10.7 Å². The summed E-state index contributed by atoms with van der Waals surface area (Å²) in [5.74, 6) is 0.489. The molecule has 0 saturated heterocycles. The first-order chi connectivity index (χ1) is 15.5. The molecule has 32 heavy (non-hydrogen) atoms. The zero-order valence-electron chi connectivity index (χ0n) is 17.2. The first kappa shape index (κ1) is 20.2. The van der Waals surface area contributed by atoms with E-state index in [9.17, 15) is 9.59 Å². The quantitative estimate of drug-likeness (QED) is 0.572. The van der Waals surface area contributed by atoms with Crippen molar-refractivity contribution in [2.24, 2.45) is 0 Å². The van der Waals surface area contributed by atoms with Crippen LogP contribution in [0.25, 0.3) is 5.57 Å². The summed E-state index contributed by atoms with van der Waals surface area (Å²) in [4.78, 5) is 28.0. The van der Waals surface area contributed by atoms with Crippen LogP contribution in [0.5, 0.6) is 11.5 Å². The maximum atomic E-state index is 13.4. The number of amides is 2. The number of hydrogen-bond donors (Lipinski definition) is 1. The van der Waals surface area contributed by atoms with Crippen LogP contribution in [0.3, 0.4) is 0 Å². The molecule has 1 N–H and O–H groups in total. The van der Waals surface area contributed by atoms with Gasteiger partial charge in [-0.05, 0) is 47.9 Å². The molecule has 3 aromatic rings. The number of benzene rings is 3. The molecule has 0 fully saturated rings. The van der Waals surface area contributed by atoms with Gasteiger partial charge in [-0.3, -0.25) is 14.5 Å². The minimum Gasteiger partial charge on any atom is -0.454 e. The minimum atomic E-state index is -0.400. The number of halogens is 1. The fraction of sp³-hybridized carbons (Fsp3) is 0.120. The minimum absolute atomic E-state index is 0.116. The highest BCUT2D eigenvalue weighted by molar-refractivity contribution is 6.36. The molecule has 0 spiro atoms. The molecule has 0 atom stereocenters. The van der Waals surface area contributed by atoms with Crippen LogP contribution in [-0.4, -0.2) is 23.5 Å². The number of ether oxygens (including phenoxy) is 2. The van der Waals surface area contributed by atoms with Crippen molar-refractivity contribution in [2.75, 3.05) is 12.1 Å². The third-order valence-electron chi connectivity index (χ3n) is 5.45. The lowest BCUT2D eigenvalue weighted by Crippen LogP contribution is -2.32. The summed E-state index contributed by atoms with van der Waals surface area (Å²) in [7, 11) is 0. The standard InChI is InChI=1S/C25H19ClN2O4/c1-15-7-9-18(12-19(15)26)27-23-22(17-5-3-2-4-6-17)24(29)28(25(23)30)13-16-8-10-20-21(11-16)32-14-31-20/h2-12,27H,13-14H2,1H3. The van der Waals surface area contributed by atoms with E-state index in [1.807, 2.05) is 55.5 Å². The third kappa shape index (κ3) is 3.59. The second-order valence-corrected chi connectivity index (χ2v) is 8.00. The van der Waals surface area contributed by atoms with Crippen LogP contribution in [0.1, 0.15) is 16.7 Å². The van der Waals surface area contributed by atoms with E-state index < -0.39 is 5.91 Å². The average molecular weight is 447 g/mol. The van der Waals surface area contributed by atoms with Crippen LogP contribution in [0, 0.1) is 6.92 Å².